The Hall–Kier alpha value is -2.54. The predicted molar refractivity (Wildman–Crippen MR) is 118 cm³/mol. The van der Waals surface area contributed by atoms with Crippen LogP contribution in [-0.4, -0.2) is 54.7 Å². The van der Waals surface area contributed by atoms with E-state index in [4.69, 9.17) is 14.2 Å². The molecule has 1 aromatic rings. The lowest BCUT2D eigenvalue weighted by Crippen LogP contribution is -2.41. The third-order valence-electron chi connectivity index (χ3n) is 6.81. The Morgan fingerprint density at radius 1 is 1.22 bits per heavy atom. The van der Waals surface area contributed by atoms with Gasteiger partial charge in [0.05, 0.1) is 37.9 Å². The maximum atomic E-state index is 13.6. The van der Waals surface area contributed by atoms with Crippen molar-refractivity contribution in [2.24, 2.45) is 11.8 Å². The summed E-state index contributed by atoms with van der Waals surface area (Å²) in [4.78, 5) is 28.4. The highest BCUT2D eigenvalue weighted by Crippen LogP contribution is 2.48. The number of aliphatic hydroxyl groups is 1. The number of rotatable bonds is 8. The molecule has 7 heteroatoms. The van der Waals surface area contributed by atoms with Crippen molar-refractivity contribution in [2.45, 2.75) is 58.1 Å². The van der Waals surface area contributed by atoms with Crippen LogP contribution in [0.1, 0.15) is 57.6 Å². The van der Waals surface area contributed by atoms with Gasteiger partial charge in [0.15, 0.2) is 23.0 Å². The molecule has 7 nitrogen and oxygen atoms in total. The van der Waals surface area contributed by atoms with E-state index < -0.39 is 6.04 Å². The summed E-state index contributed by atoms with van der Waals surface area (Å²) in [5.74, 6) is 1.25. The molecule has 1 saturated carbocycles. The predicted octanol–water partition coefficient (Wildman–Crippen LogP) is 3.41. The number of Topliss-reactive ketones (excluding diaryl/α,β-unsaturated/α-hetero) is 1. The highest BCUT2D eigenvalue weighted by atomic mass is 16.5. The van der Waals surface area contributed by atoms with Crippen LogP contribution in [0.15, 0.2) is 29.5 Å². The van der Waals surface area contributed by atoms with Gasteiger partial charge in [-0.2, -0.15) is 0 Å². The second-order valence-electron chi connectivity index (χ2n) is 9.03. The van der Waals surface area contributed by atoms with Gasteiger partial charge in [0.1, 0.15) is 6.10 Å². The molecule has 0 aromatic heterocycles. The average molecular weight is 444 g/mol. The van der Waals surface area contributed by atoms with Crippen molar-refractivity contribution in [1.82, 2.24) is 4.90 Å². The molecule has 3 aliphatic rings. The molecule has 1 fully saturated rings. The number of ether oxygens (including phenoxy) is 3. The number of unbranched alkanes of at least 4 members (excludes halogenated alkanes) is 1. The lowest BCUT2D eigenvalue weighted by molar-refractivity contribution is -0.136. The minimum Gasteiger partial charge on any atom is -0.493 e. The smallest absolute Gasteiger partial charge is 0.290 e. The Kier molecular flexibility index (Phi) is 6.74. The van der Waals surface area contributed by atoms with Gasteiger partial charge >= 0.3 is 0 Å². The number of benzene rings is 1. The summed E-state index contributed by atoms with van der Waals surface area (Å²) < 4.78 is 17.5. The van der Waals surface area contributed by atoms with Crippen LogP contribution >= 0.6 is 0 Å². The fourth-order valence-corrected chi connectivity index (χ4v) is 5.11. The molecule has 32 heavy (non-hydrogen) atoms. The first kappa shape index (κ1) is 22.6. The zero-order valence-corrected chi connectivity index (χ0v) is 19.1. The molecule has 1 amide bonds. The van der Waals surface area contributed by atoms with Crippen LogP contribution < -0.4 is 9.47 Å². The molecule has 0 saturated heterocycles. The Balaban J connectivity index is 1.71. The first-order chi connectivity index (χ1) is 15.5. The van der Waals surface area contributed by atoms with E-state index >= 15 is 0 Å². The molecule has 4 unspecified atom stereocenters. The molecule has 0 bridgehead atoms. The van der Waals surface area contributed by atoms with Gasteiger partial charge < -0.3 is 24.2 Å². The van der Waals surface area contributed by atoms with Crippen molar-refractivity contribution >= 4 is 11.7 Å². The van der Waals surface area contributed by atoms with Crippen LogP contribution in [-0.2, 0) is 14.3 Å². The summed E-state index contributed by atoms with van der Waals surface area (Å²) in [7, 11) is 1.57. The number of nitrogens with zero attached hydrogens (tertiary/aromatic N) is 1. The Morgan fingerprint density at radius 3 is 2.75 bits per heavy atom. The molecule has 0 radical (unpaired) electrons. The lowest BCUT2D eigenvalue weighted by Gasteiger charge is -2.37. The molecule has 1 aliphatic carbocycles. The van der Waals surface area contributed by atoms with Crippen LogP contribution in [0.5, 0.6) is 11.5 Å². The van der Waals surface area contributed by atoms with Gasteiger partial charge in [-0.1, -0.05) is 26.3 Å². The standard InChI is InChI=1S/C25H33NO6/c1-4-5-12-31-19-9-7-16(14-20(19)30-3)22-21-23(28)17-13-15(2)6-8-18(17)32-24(21)25(29)26(22)10-11-27/h7,9,14-15,17-18,22,27H,4-6,8,10-13H2,1-3H3. The number of carbonyl (C=O) groups excluding carboxylic acids is 2. The fourth-order valence-electron chi connectivity index (χ4n) is 5.11. The summed E-state index contributed by atoms with van der Waals surface area (Å²) in [6.07, 6.45) is 4.28. The third kappa shape index (κ3) is 3.98. The number of fused-ring (bicyclic) bond motifs is 1. The summed E-state index contributed by atoms with van der Waals surface area (Å²) in [6, 6.07) is 4.91. The van der Waals surface area contributed by atoms with E-state index in [1.807, 2.05) is 18.2 Å². The van der Waals surface area contributed by atoms with Gasteiger partial charge in [0.2, 0.25) is 0 Å². The minimum atomic E-state index is -0.603. The number of aliphatic hydroxyl groups excluding tert-OH is 1. The Morgan fingerprint density at radius 2 is 2.03 bits per heavy atom. The van der Waals surface area contributed by atoms with Crippen molar-refractivity contribution in [2.75, 3.05) is 26.9 Å². The molecular weight excluding hydrogens is 410 g/mol. The van der Waals surface area contributed by atoms with E-state index in [0.717, 1.165) is 37.7 Å². The second-order valence-corrected chi connectivity index (χ2v) is 9.03. The number of carbonyl (C=O) groups is 2. The summed E-state index contributed by atoms with van der Waals surface area (Å²) in [6.45, 7) is 4.77. The van der Waals surface area contributed by atoms with Gasteiger partial charge in [-0.25, -0.2) is 0 Å². The van der Waals surface area contributed by atoms with E-state index in [1.165, 1.54) is 4.90 Å². The highest BCUT2D eigenvalue weighted by Gasteiger charge is 2.52. The molecule has 2 heterocycles. The summed E-state index contributed by atoms with van der Waals surface area (Å²) >= 11 is 0. The number of methoxy groups -OCH3 is 1. The molecule has 1 aromatic carbocycles. The van der Waals surface area contributed by atoms with Crippen molar-refractivity contribution in [3.63, 3.8) is 0 Å². The maximum absolute atomic E-state index is 13.6. The highest BCUT2D eigenvalue weighted by molar-refractivity contribution is 6.11. The first-order valence-corrected chi connectivity index (χ1v) is 11.7. The summed E-state index contributed by atoms with van der Waals surface area (Å²) in [5.41, 5.74) is 1.16. The number of hydrogen-bond acceptors (Lipinski definition) is 6. The lowest BCUT2D eigenvalue weighted by atomic mass is 9.74. The number of ketones is 1. The van der Waals surface area contributed by atoms with Crippen LogP contribution in [0.25, 0.3) is 0 Å². The summed E-state index contributed by atoms with van der Waals surface area (Å²) in [5, 5.41) is 9.63. The molecular formula is C25H33NO6. The zero-order chi connectivity index (χ0) is 22.8. The van der Waals surface area contributed by atoms with Crippen molar-refractivity contribution in [3.05, 3.63) is 35.1 Å². The molecule has 4 atom stereocenters. The molecule has 0 spiro atoms. The van der Waals surface area contributed by atoms with Crippen LogP contribution in [0, 0.1) is 11.8 Å². The topological polar surface area (TPSA) is 85.3 Å². The van der Waals surface area contributed by atoms with Gasteiger partial charge in [-0.15, -0.1) is 0 Å². The zero-order valence-electron chi connectivity index (χ0n) is 19.1. The van der Waals surface area contributed by atoms with Crippen LogP contribution in [0.2, 0.25) is 0 Å². The second kappa shape index (κ2) is 9.53. The van der Waals surface area contributed by atoms with Gasteiger partial charge in [-0.05, 0) is 49.3 Å². The SMILES string of the molecule is CCCCOc1ccc(C2C3=C(OC4CCC(C)CC4C3=O)C(=O)N2CCO)cc1OC. The fraction of sp³-hybridized carbons (Fsp3) is 0.600. The molecule has 4 rings (SSSR count). The first-order valence-electron chi connectivity index (χ1n) is 11.7. The van der Waals surface area contributed by atoms with E-state index in [2.05, 4.69) is 13.8 Å². The number of amides is 1. The van der Waals surface area contributed by atoms with Crippen LogP contribution in [0.4, 0.5) is 0 Å². The maximum Gasteiger partial charge on any atom is 0.290 e. The van der Waals surface area contributed by atoms with Gasteiger partial charge in [-0.3, -0.25) is 9.59 Å². The molecule has 2 aliphatic heterocycles. The van der Waals surface area contributed by atoms with Crippen molar-refractivity contribution < 1.29 is 28.9 Å². The molecule has 1 N–H and O–H groups in total. The number of hydrogen-bond donors (Lipinski definition) is 1. The number of β-amino-alcohol motifs (C(OH)–C–C–N with tert-alkyl or cyclic N) is 1. The normalized spacial score (nSPS) is 27.2. The van der Waals surface area contributed by atoms with Crippen molar-refractivity contribution in [3.8, 4) is 11.5 Å². The van der Waals surface area contributed by atoms with Gasteiger partial charge in [0, 0.05) is 6.54 Å². The average Bonchev–Trinajstić information content (AvgIpc) is 3.07. The van der Waals surface area contributed by atoms with E-state index in [9.17, 15) is 14.7 Å². The van der Waals surface area contributed by atoms with E-state index in [0.29, 0.717) is 29.6 Å². The van der Waals surface area contributed by atoms with Crippen LogP contribution in [0.3, 0.4) is 0 Å². The Bertz CT molecular complexity index is 910. The largest absolute Gasteiger partial charge is 0.493 e. The van der Waals surface area contributed by atoms with Gasteiger partial charge in [0.25, 0.3) is 5.91 Å². The van der Waals surface area contributed by atoms with E-state index in [1.54, 1.807) is 7.11 Å². The van der Waals surface area contributed by atoms with Crippen molar-refractivity contribution in [1.29, 1.82) is 0 Å². The molecule has 174 valence electrons. The minimum absolute atomic E-state index is 0.00355. The Labute approximate surface area is 189 Å². The quantitative estimate of drug-likeness (QED) is 0.620. The monoisotopic (exact) mass is 443 g/mol. The third-order valence-corrected chi connectivity index (χ3v) is 6.81. The van der Waals surface area contributed by atoms with E-state index in [-0.39, 0.29) is 42.6 Å².